The maximum Gasteiger partial charge on any atom is 0.220 e. The smallest absolute Gasteiger partial charge is 0.220 e. The molecule has 2 fully saturated rings. The summed E-state index contributed by atoms with van der Waals surface area (Å²) in [6, 6.07) is 0. The van der Waals surface area contributed by atoms with Crippen LogP contribution in [-0.2, 0) is 4.79 Å². The first kappa shape index (κ1) is 6.16. The Morgan fingerprint density at radius 2 is 2.40 bits per heavy atom. The van der Waals surface area contributed by atoms with Gasteiger partial charge in [0.25, 0.3) is 0 Å². The molecule has 3 nitrogen and oxygen atoms in total. The maximum atomic E-state index is 10.8. The van der Waals surface area contributed by atoms with Gasteiger partial charge in [-0.2, -0.15) is 0 Å². The zero-order chi connectivity index (χ0) is 7.19. The van der Waals surface area contributed by atoms with E-state index in [2.05, 4.69) is 17.3 Å². The van der Waals surface area contributed by atoms with E-state index in [0.29, 0.717) is 5.41 Å². The zero-order valence-electron chi connectivity index (χ0n) is 6.18. The summed E-state index contributed by atoms with van der Waals surface area (Å²) >= 11 is 0. The third-order valence-corrected chi connectivity index (χ3v) is 2.41. The lowest BCUT2D eigenvalue weighted by Gasteiger charge is -2.44. The van der Waals surface area contributed by atoms with Gasteiger partial charge in [-0.05, 0) is 7.05 Å². The molecule has 0 aromatic rings. The summed E-state index contributed by atoms with van der Waals surface area (Å²) in [7, 11) is 2.09. The SMILES string of the molecule is CN1CC2(CNC(=O)C2)C1.[HH]. The fourth-order valence-corrected chi connectivity index (χ4v) is 2.07. The van der Waals surface area contributed by atoms with Crippen LogP contribution in [0.5, 0.6) is 0 Å². The molecule has 0 atom stereocenters. The zero-order valence-corrected chi connectivity index (χ0v) is 6.18. The van der Waals surface area contributed by atoms with Gasteiger partial charge in [-0.1, -0.05) is 0 Å². The Balaban J connectivity index is 0.000000605. The van der Waals surface area contributed by atoms with Gasteiger partial charge in [-0.25, -0.2) is 0 Å². The first-order valence-corrected chi connectivity index (χ1v) is 3.66. The molecule has 3 heteroatoms. The van der Waals surface area contributed by atoms with E-state index in [1.165, 1.54) is 0 Å². The third-order valence-electron chi connectivity index (χ3n) is 2.41. The molecule has 0 aromatic carbocycles. The maximum absolute atomic E-state index is 10.8. The van der Waals surface area contributed by atoms with Gasteiger partial charge in [0.1, 0.15) is 0 Å². The van der Waals surface area contributed by atoms with Crippen molar-refractivity contribution in [2.24, 2.45) is 5.41 Å². The highest BCUT2D eigenvalue weighted by Crippen LogP contribution is 2.34. The minimum Gasteiger partial charge on any atom is -0.355 e. The van der Waals surface area contributed by atoms with Crippen molar-refractivity contribution in [3.8, 4) is 0 Å². The molecule has 10 heavy (non-hydrogen) atoms. The normalized spacial score (nSPS) is 30.3. The fourth-order valence-electron chi connectivity index (χ4n) is 2.07. The molecule has 2 rings (SSSR count). The molecular formula is C7H14N2O. The van der Waals surface area contributed by atoms with E-state index in [1.807, 2.05) is 0 Å². The molecule has 0 unspecified atom stereocenters. The lowest BCUT2D eigenvalue weighted by atomic mass is 9.79. The van der Waals surface area contributed by atoms with Crippen LogP contribution in [0.1, 0.15) is 7.85 Å². The van der Waals surface area contributed by atoms with Crippen molar-refractivity contribution in [2.45, 2.75) is 6.42 Å². The molecule has 0 saturated carbocycles. The Bertz CT molecular complexity index is 177. The second-order valence-corrected chi connectivity index (χ2v) is 3.63. The van der Waals surface area contributed by atoms with Crippen molar-refractivity contribution in [3.63, 3.8) is 0 Å². The number of carbonyl (C=O) groups is 1. The average molecular weight is 142 g/mol. The van der Waals surface area contributed by atoms with Gasteiger partial charge in [0.05, 0.1) is 0 Å². The molecule has 0 aromatic heterocycles. The Kier molecular flexibility index (Phi) is 1.06. The molecular weight excluding hydrogens is 128 g/mol. The fraction of sp³-hybridized carbons (Fsp3) is 0.857. The molecule has 2 aliphatic rings. The van der Waals surface area contributed by atoms with E-state index in [1.54, 1.807) is 0 Å². The molecule has 0 aliphatic carbocycles. The Labute approximate surface area is 61.9 Å². The number of likely N-dealkylation sites (tertiary alicyclic amines) is 1. The van der Waals surface area contributed by atoms with Crippen molar-refractivity contribution < 1.29 is 6.22 Å². The van der Waals surface area contributed by atoms with Gasteiger partial charge < -0.3 is 10.2 Å². The molecule has 1 N–H and O–H groups in total. The summed E-state index contributed by atoms with van der Waals surface area (Å²) < 4.78 is 0. The average Bonchev–Trinajstić information content (AvgIpc) is 2.10. The third kappa shape index (κ3) is 0.736. The van der Waals surface area contributed by atoms with Gasteiger partial charge in [-0.3, -0.25) is 4.79 Å². The largest absolute Gasteiger partial charge is 0.355 e. The van der Waals surface area contributed by atoms with Crippen LogP contribution < -0.4 is 5.32 Å². The van der Waals surface area contributed by atoms with Crippen LogP contribution in [0, 0.1) is 5.41 Å². The molecule has 2 heterocycles. The van der Waals surface area contributed by atoms with E-state index >= 15 is 0 Å². The minimum absolute atomic E-state index is 0. The van der Waals surface area contributed by atoms with Crippen molar-refractivity contribution in [1.29, 1.82) is 0 Å². The van der Waals surface area contributed by atoms with Gasteiger partial charge in [0.15, 0.2) is 0 Å². The number of carbonyl (C=O) groups excluding carboxylic acids is 1. The lowest BCUT2D eigenvalue weighted by Crippen LogP contribution is -2.55. The highest BCUT2D eigenvalue weighted by Gasteiger charge is 2.46. The minimum atomic E-state index is 0. The second kappa shape index (κ2) is 1.72. The summed E-state index contributed by atoms with van der Waals surface area (Å²) in [5.41, 5.74) is 0.325. The van der Waals surface area contributed by atoms with Gasteiger partial charge in [0.2, 0.25) is 5.91 Å². The number of amides is 1. The number of rotatable bonds is 0. The standard InChI is InChI=1S/C7H12N2O.H2/c1-9-4-7(5-9)2-6(10)8-3-7;/h2-5H2,1H3,(H,8,10);1H. The Morgan fingerprint density at radius 3 is 2.80 bits per heavy atom. The van der Waals surface area contributed by atoms with E-state index in [-0.39, 0.29) is 7.33 Å². The molecule has 2 saturated heterocycles. The van der Waals surface area contributed by atoms with Crippen LogP contribution >= 0.6 is 0 Å². The molecule has 0 radical (unpaired) electrons. The summed E-state index contributed by atoms with van der Waals surface area (Å²) in [6.45, 7) is 3.08. The quantitative estimate of drug-likeness (QED) is 0.503. The van der Waals surface area contributed by atoms with Crippen LogP contribution in [0.2, 0.25) is 0 Å². The number of hydrogen-bond acceptors (Lipinski definition) is 2. The monoisotopic (exact) mass is 142 g/mol. The molecule has 1 amide bonds. The van der Waals surface area contributed by atoms with Crippen molar-refractivity contribution >= 4 is 5.91 Å². The van der Waals surface area contributed by atoms with Crippen LogP contribution in [0.4, 0.5) is 0 Å². The molecule has 2 aliphatic heterocycles. The summed E-state index contributed by atoms with van der Waals surface area (Å²) in [4.78, 5) is 13.1. The molecule has 0 bridgehead atoms. The lowest BCUT2D eigenvalue weighted by molar-refractivity contribution is -0.120. The number of nitrogens with one attached hydrogen (secondary N) is 1. The van der Waals surface area contributed by atoms with Gasteiger partial charge in [-0.15, -0.1) is 0 Å². The second-order valence-electron chi connectivity index (χ2n) is 3.63. The van der Waals surface area contributed by atoms with E-state index in [4.69, 9.17) is 0 Å². The summed E-state index contributed by atoms with van der Waals surface area (Å²) in [5.74, 6) is 0.230. The highest BCUT2D eigenvalue weighted by atomic mass is 16.1. The predicted molar refractivity (Wildman–Crippen MR) is 39.7 cm³/mol. The number of hydrogen-bond donors (Lipinski definition) is 1. The first-order valence-electron chi connectivity index (χ1n) is 3.66. The van der Waals surface area contributed by atoms with E-state index in [9.17, 15) is 4.79 Å². The summed E-state index contributed by atoms with van der Waals surface area (Å²) in [5, 5.41) is 2.87. The van der Waals surface area contributed by atoms with Gasteiger partial charge >= 0.3 is 0 Å². The van der Waals surface area contributed by atoms with Crippen LogP contribution in [0.15, 0.2) is 0 Å². The van der Waals surface area contributed by atoms with Crippen molar-refractivity contribution in [2.75, 3.05) is 26.7 Å². The first-order chi connectivity index (χ1) is 4.70. The van der Waals surface area contributed by atoms with Crippen LogP contribution in [0.3, 0.4) is 0 Å². The van der Waals surface area contributed by atoms with Crippen molar-refractivity contribution in [1.82, 2.24) is 10.2 Å². The topological polar surface area (TPSA) is 32.3 Å². The van der Waals surface area contributed by atoms with E-state index in [0.717, 1.165) is 26.1 Å². The van der Waals surface area contributed by atoms with E-state index < -0.39 is 0 Å². The molecule has 1 spiro atoms. The Hall–Kier alpha value is -0.570. The van der Waals surface area contributed by atoms with Gasteiger partial charge in [0, 0.05) is 32.9 Å². The number of nitrogens with zero attached hydrogens (tertiary/aromatic N) is 1. The summed E-state index contributed by atoms with van der Waals surface area (Å²) in [6.07, 6.45) is 0.747. The van der Waals surface area contributed by atoms with Crippen LogP contribution in [0.25, 0.3) is 0 Å². The van der Waals surface area contributed by atoms with Crippen LogP contribution in [-0.4, -0.2) is 37.5 Å². The molecule has 58 valence electrons. The highest BCUT2D eigenvalue weighted by molar-refractivity contribution is 5.79. The predicted octanol–water partition coefficient (Wildman–Crippen LogP) is -0.316. The Morgan fingerprint density at radius 1 is 1.70 bits per heavy atom. The van der Waals surface area contributed by atoms with Crippen molar-refractivity contribution in [3.05, 3.63) is 0 Å².